The number of fused-ring (bicyclic) bond motifs is 1. The lowest BCUT2D eigenvalue weighted by Crippen LogP contribution is -2.13. The second kappa shape index (κ2) is 7.41. The lowest BCUT2D eigenvalue weighted by atomic mass is 10.1. The molecule has 3 aromatic carbocycles. The van der Waals surface area contributed by atoms with Crippen molar-refractivity contribution >= 4 is 59.9 Å². The summed E-state index contributed by atoms with van der Waals surface area (Å²) in [6, 6.07) is 7.32. The summed E-state index contributed by atoms with van der Waals surface area (Å²) in [4.78, 5) is 11.2. The van der Waals surface area contributed by atoms with Crippen molar-refractivity contribution < 1.29 is 35.8 Å². The lowest BCUT2D eigenvalue weighted by Gasteiger charge is -2.13. The summed E-state index contributed by atoms with van der Waals surface area (Å²) in [5.74, 6) is -1.43. The van der Waals surface area contributed by atoms with E-state index in [0.717, 1.165) is 24.3 Å². The van der Waals surface area contributed by atoms with Gasteiger partial charge in [-0.15, -0.1) is 0 Å². The normalized spacial score (nSPS) is 12.1. The van der Waals surface area contributed by atoms with E-state index in [2.05, 4.69) is 5.32 Å². The van der Waals surface area contributed by atoms with Crippen LogP contribution < -0.4 is 11.1 Å². The molecule has 0 aromatic heterocycles. The Labute approximate surface area is 175 Å². The molecule has 0 unspecified atom stereocenters. The first-order valence-electron chi connectivity index (χ1n) is 7.89. The maximum atomic E-state index is 12.6. The number of anilines is 2. The van der Waals surface area contributed by atoms with E-state index in [1.807, 2.05) is 0 Å². The maximum Gasteiger partial charge on any atom is 0.294 e. The van der Waals surface area contributed by atoms with Gasteiger partial charge >= 0.3 is 0 Å². The average molecular weight is 473 g/mol. The first-order valence-corrected chi connectivity index (χ1v) is 11.2. The van der Waals surface area contributed by atoms with Crippen molar-refractivity contribution in [2.75, 3.05) is 11.1 Å². The summed E-state index contributed by atoms with van der Waals surface area (Å²) in [6.45, 7) is 0. The molecule has 0 heterocycles. The highest BCUT2D eigenvalue weighted by Gasteiger charge is 2.21. The maximum absolute atomic E-state index is 12.6. The van der Waals surface area contributed by atoms with Crippen LogP contribution in [-0.2, 0) is 20.2 Å². The molecule has 6 N–H and O–H groups in total. The van der Waals surface area contributed by atoms with Crippen molar-refractivity contribution in [2.24, 2.45) is 0 Å². The standard InChI is InChI=1S/C17H13ClN2O8S2/c18-12-2-1-8(5-13(12)19)17(22)20-14-6-10(29(23,24)25)3-9-4-11(30(26,27)28)7-15(21)16(9)14/h1-7,21H,19H2,(H,20,22)(H,23,24,25)(H,26,27,28). The van der Waals surface area contributed by atoms with Gasteiger partial charge in [0.05, 0.1) is 26.2 Å². The Morgan fingerprint density at radius 1 is 0.933 bits per heavy atom. The molecule has 1 amide bonds. The fourth-order valence-electron chi connectivity index (χ4n) is 2.71. The van der Waals surface area contributed by atoms with E-state index >= 15 is 0 Å². The van der Waals surface area contributed by atoms with Gasteiger partial charge in [-0.2, -0.15) is 16.8 Å². The van der Waals surface area contributed by atoms with Crippen LogP contribution in [0, 0.1) is 0 Å². The summed E-state index contributed by atoms with van der Waals surface area (Å²) >= 11 is 5.81. The number of benzene rings is 3. The molecule has 158 valence electrons. The van der Waals surface area contributed by atoms with Crippen LogP contribution in [-0.4, -0.2) is 37.0 Å². The predicted octanol–water partition coefficient (Wildman–Crippen LogP) is 2.53. The average Bonchev–Trinajstić information content (AvgIpc) is 2.61. The number of nitrogens with two attached hydrogens (primary N) is 1. The number of hydrogen-bond acceptors (Lipinski definition) is 7. The molecule has 0 aliphatic heterocycles. The molecule has 0 saturated carbocycles. The topological polar surface area (TPSA) is 184 Å². The fourth-order valence-corrected chi connectivity index (χ4v) is 3.91. The molecule has 0 bridgehead atoms. The Balaban J connectivity index is 2.23. The van der Waals surface area contributed by atoms with Crippen LogP contribution in [0.25, 0.3) is 10.8 Å². The van der Waals surface area contributed by atoms with Crippen LogP contribution in [0.1, 0.15) is 10.4 Å². The molecule has 0 aliphatic rings. The Bertz CT molecular complexity index is 1410. The van der Waals surface area contributed by atoms with Crippen molar-refractivity contribution in [1.82, 2.24) is 0 Å². The van der Waals surface area contributed by atoms with Crippen LogP contribution >= 0.6 is 11.6 Å². The Morgan fingerprint density at radius 3 is 2.03 bits per heavy atom. The molecule has 0 aliphatic carbocycles. The van der Waals surface area contributed by atoms with E-state index in [4.69, 9.17) is 17.3 Å². The molecule has 0 atom stereocenters. The third-order valence-corrected chi connectivity index (χ3v) is 6.08. The highest BCUT2D eigenvalue weighted by molar-refractivity contribution is 7.86. The van der Waals surface area contributed by atoms with Gasteiger partial charge < -0.3 is 16.2 Å². The fraction of sp³-hybridized carbons (Fsp3) is 0. The minimum absolute atomic E-state index is 0.0522. The number of nitrogens with one attached hydrogen (secondary N) is 1. The number of carbonyl (C=O) groups excluding carboxylic acids is 1. The van der Waals surface area contributed by atoms with E-state index in [9.17, 15) is 35.8 Å². The summed E-state index contributed by atoms with van der Waals surface area (Å²) in [5.41, 5.74) is 5.57. The number of phenolic OH excluding ortho intramolecular Hbond substituents is 1. The Morgan fingerprint density at radius 2 is 1.50 bits per heavy atom. The second-order valence-corrected chi connectivity index (χ2v) is 9.40. The number of aromatic hydroxyl groups is 1. The first-order chi connectivity index (χ1) is 13.8. The number of halogens is 1. The second-order valence-electron chi connectivity index (χ2n) is 6.15. The molecule has 3 aromatic rings. The van der Waals surface area contributed by atoms with Crippen molar-refractivity contribution in [2.45, 2.75) is 9.79 Å². The van der Waals surface area contributed by atoms with Gasteiger partial charge in [0.1, 0.15) is 5.75 Å². The Kier molecular flexibility index (Phi) is 5.39. The summed E-state index contributed by atoms with van der Waals surface area (Å²) < 4.78 is 64.6. The zero-order chi connectivity index (χ0) is 22.4. The van der Waals surface area contributed by atoms with Gasteiger partial charge in [-0.3, -0.25) is 13.9 Å². The van der Waals surface area contributed by atoms with Crippen LogP contribution in [0.5, 0.6) is 5.75 Å². The van der Waals surface area contributed by atoms with Crippen LogP contribution in [0.4, 0.5) is 11.4 Å². The minimum Gasteiger partial charge on any atom is -0.507 e. The van der Waals surface area contributed by atoms with Crippen molar-refractivity contribution in [3.8, 4) is 5.75 Å². The molecular weight excluding hydrogens is 460 g/mol. The van der Waals surface area contributed by atoms with Gasteiger partial charge in [0, 0.05) is 17.0 Å². The number of rotatable bonds is 4. The minimum atomic E-state index is -4.77. The molecule has 0 saturated heterocycles. The smallest absolute Gasteiger partial charge is 0.294 e. The van der Waals surface area contributed by atoms with Crippen LogP contribution in [0.15, 0.2) is 52.3 Å². The first kappa shape index (κ1) is 21.8. The van der Waals surface area contributed by atoms with Crippen molar-refractivity contribution in [3.05, 3.63) is 53.1 Å². The third kappa shape index (κ3) is 4.32. The molecule has 30 heavy (non-hydrogen) atoms. The van der Waals surface area contributed by atoms with Crippen molar-refractivity contribution in [3.63, 3.8) is 0 Å². The highest BCUT2D eigenvalue weighted by atomic mass is 35.5. The van der Waals surface area contributed by atoms with E-state index < -0.39 is 41.7 Å². The zero-order valence-electron chi connectivity index (χ0n) is 14.7. The highest BCUT2D eigenvalue weighted by Crippen LogP contribution is 2.37. The van der Waals surface area contributed by atoms with Crippen LogP contribution in [0.2, 0.25) is 5.02 Å². The van der Waals surface area contributed by atoms with Gasteiger partial charge in [-0.1, -0.05) is 11.6 Å². The van der Waals surface area contributed by atoms with Gasteiger partial charge in [0.2, 0.25) is 0 Å². The SMILES string of the molecule is Nc1cc(C(=O)Nc2cc(S(=O)(=O)O)cc3cc(S(=O)(=O)O)cc(O)c23)ccc1Cl. The van der Waals surface area contributed by atoms with Gasteiger partial charge in [-0.25, -0.2) is 0 Å². The number of amides is 1. The van der Waals surface area contributed by atoms with Gasteiger partial charge in [0.25, 0.3) is 26.1 Å². The summed E-state index contributed by atoms with van der Waals surface area (Å²) in [5, 5.41) is 12.5. The monoisotopic (exact) mass is 472 g/mol. The third-order valence-electron chi connectivity index (χ3n) is 4.08. The molecule has 0 radical (unpaired) electrons. The quantitative estimate of drug-likeness (QED) is 0.281. The number of hydrogen-bond donors (Lipinski definition) is 5. The summed E-state index contributed by atoms with van der Waals surface area (Å²) in [7, 11) is -9.51. The Hall–Kier alpha value is -2.90. The van der Waals surface area contributed by atoms with Crippen LogP contribution in [0.3, 0.4) is 0 Å². The lowest BCUT2D eigenvalue weighted by molar-refractivity contribution is 0.102. The van der Waals surface area contributed by atoms with Crippen molar-refractivity contribution in [1.29, 1.82) is 0 Å². The predicted molar refractivity (Wildman–Crippen MR) is 109 cm³/mol. The largest absolute Gasteiger partial charge is 0.507 e. The van der Waals surface area contributed by atoms with E-state index in [1.54, 1.807) is 0 Å². The number of phenols is 1. The number of carbonyl (C=O) groups is 1. The number of nitrogen functional groups attached to an aromatic ring is 1. The molecule has 3 rings (SSSR count). The molecule has 0 fully saturated rings. The molecule has 0 spiro atoms. The molecule has 13 heteroatoms. The molecular formula is C17H13ClN2O8S2. The van der Waals surface area contributed by atoms with E-state index in [-0.39, 0.29) is 32.7 Å². The molecule has 10 nitrogen and oxygen atoms in total. The van der Waals surface area contributed by atoms with E-state index in [0.29, 0.717) is 0 Å². The zero-order valence-corrected chi connectivity index (χ0v) is 17.1. The van der Waals surface area contributed by atoms with Gasteiger partial charge in [0.15, 0.2) is 0 Å². The van der Waals surface area contributed by atoms with E-state index in [1.165, 1.54) is 18.2 Å². The van der Waals surface area contributed by atoms with Gasteiger partial charge in [-0.05, 0) is 41.8 Å². The summed E-state index contributed by atoms with van der Waals surface area (Å²) in [6.07, 6.45) is 0.